The topological polar surface area (TPSA) is 38.7 Å². The van der Waals surface area contributed by atoms with Crippen LogP contribution in [0.2, 0.25) is 0 Å². The number of ether oxygens (including phenoxy) is 1. The molecule has 0 saturated carbocycles. The van der Waals surface area contributed by atoms with Crippen molar-refractivity contribution < 1.29 is 9.53 Å². The summed E-state index contributed by atoms with van der Waals surface area (Å²) in [6.07, 6.45) is 6.06. The second-order valence-electron chi connectivity index (χ2n) is 2.34. The van der Waals surface area contributed by atoms with Gasteiger partial charge in [-0.3, -0.25) is 9.79 Å². The van der Waals surface area contributed by atoms with Gasteiger partial charge in [-0.1, -0.05) is 6.08 Å². The molecule has 0 saturated heterocycles. The fourth-order valence-corrected chi connectivity index (χ4v) is 0.897. The van der Waals surface area contributed by atoms with Gasteiger partial charge in [0.05, 0.1) is 13.5 Å². The van der Waals surface area contributed by atoms with E-state index in [0.29, 0.717) is 6.42 Å². The third-order valence-electron chi connectivity index (χ3n) is 1.49. The van der Waals surface area contributed by atoms with E-state index in [9.17, 15) is 4.79 Å². The van der Waals surface area contributed by atoms with Crippen molar-refractivity contribution in [2.24, 2.45) is 4.99 Å². The first kappa shape index (κ1) is 7.98. The minimum Gasteiger partial charge on any atom is -0.469 e. The normalized spacial score (nSPS) is 15.9. The highest BCUT2D eigenvalue weighted by molar-refractivity contribution is 5.73. The van der Waals surface area contributed by atoms with Gasteiger partial charge in [-0.05, 0) is 12.8 Å². The average Bonchev–Trinajstić information content (AvgIpc) is 2.06. The van der Waals surface area contributed by atoms with E-state index in [0.717, 1.165) is 18.5 Å². The van der Waals surface area contributed by atoms with E-state index in [1.54, 1.807) is 0 Å². The van der Waals surface area contributed by atoms with Crippen LogP contribution in [0, 0.1) is 0 Å². The minimum atomic E-state index is -0.227. The summed E-state index contributed by atoms with van der Waals surface area (Å²) in [6.45, 7) is 0. The van der Waals surface area contributed by atoms with Crippen LogP contribution in [0.4, 0.5) is 0 Å². The fourth-order valence-electron chi connectivity index (χ4n) is 0.897. The van der Waals surface area contributed by atoms with E-state index >= 15 is 0 Å². The second-order valence-corrected chi connectivity index (χ2v) is 2.34. The highest BCUT2D eigenvalue weighted by Crippen LogP contribution is 2.10. The maximum Gasteiger partial charge on any atom is 0.311 e. The Morgan fingerprint density at radius 3 is 3.09 bits per heavy atom. The van der Waals surface area contributed by atoms with E-state index in [1.807, 2.05) is 12.3 Å². The predicted octanol–water partition coefficient (Wildman–Crippen LogP) is 1.30. The molecule has 11 heavy (non-hydrogen) atoms. The number of hydrogen-bond acceptors (Lipinski definition) is 3. The van der Waals surface area contributed by atoms with Gasteiger partial charge in [0, 0.05) is 11.9 Å². The Morgan fingerprint density at radius 2 is 2.55 bits per heavy atom. The van der Waals surface area contributed by atoms with Crippen LogP contribution in [0.1, 0.15) is 19.3 Å². The standard InChI is InChI=1S/C8H11NO2/c1-11-8(10)6-7-4-2-3-5-9-7/h4-5H,2-3,6H2,1H3. The van der Waals surface area contributed by atoms with E-state index in [1.165, 1.54) is 7.11 Å². The number of rotatable bonds is 2. The molecule has 0 aromatic carbocycles. The molecule has 0 bridgehead atoms. The Hall–Kier alpha value is -1.12. The highest BCUT2D eigenvalue weighted by atomic mass is 16.5. The fraction of sp³-hybridized carbons (Fsp3) is 0.500. The Kier molecular flexibility index (Phi) is 2.83. The molecule has 0 unspecified atom stereocenters. The van der Waals surface area contributed by atoms with Gasteiger partial charge in [-0.25, -0.2) is 0 Å². The Bertz CT molecular complexity index is 206. The molecule has 0 amide bonds. The molecule has 1 aliphatic heterocycles. The second kappa shape index (κ2) is 3.91. The van der Waals surface area contributed by atoms with Gasteiger partial charge in [-0.2, -0.15) is 0 Å². The van der Waals surface area contributed by atoms with E-state index < -0.39 is 0 Å². The zero-order chi connectivity index (χ0) is 8.10. The number of hydrogen-bond donors (Lipinski definition) is 0. The molecular formula is C8H11NO2. The van der Waals surface area contributed by atoms with Crippen LogP contribution in [0.25, 0.3) is 0 Å². The van der Waals surface area contributed by atoms with Gasteiger partial charge in [0.2, 0.25) is 0 Å². The number of nitrogens with zero attached hydrogens (tertiary/aromatic N) is 1. The van der Waals surface area contributed by atoms with Gasteiger partial charge in [0.1, 0.15) is 0 Å². The van der Waals surface area contributed by atoms with Gasteiger partial charge < -0.3 is 4.74 Å². The van der Waals surface area contributed by atoms with E-state index in [2.05, 4.69) is 9.73 Å². The number of carbonyl (C=O) groups excluding carboxylic acids is 1. The van der Waals surface area contributed by atoms with Crippen molar-refractivity contribution in [1.29, 1.82) is 0 Å². The van der Waals surface area contributed by atoms with Crippen LogP contribution in [-0.2, 0) is 9.53 Å². The first-order valence-electron chi connectivity index (χ1n) is 3.61. The zero-order valence-electron chi connectivity index (χ0n) is 6.54. The van der Waals surface area contributed by atoms with Gasteiger partial charge in [-0.15, -0.1) is 0 Å². The van der Waals surface area contributed by atoms with Crippen molar-refractivity contribution in [3.8, 4) is 0 Å². The summed E-state index contributed by atoms with van der Waals surface area (Å²) < 4.78 is 4.50. The van der Waals surface area contributed by atoms with Crippen molar-refractivity contribution in [2.45, 2.75) is 19.3 Å². The SMILES string of the molecule is COC(=O)CC1=CCCC=N1. The summed E-state index contributed by atoms with van der Waals surface area (Å²) in [5, 5.41) is 0. The van der Waals surface area contributed by atoms with Gasteiger partial charge >= 0.3 is 5.97 Å². The summed E-state index contributed by atoms with van der Waals surface area (Å²) in [6, 6.07) is 0. The van der Waals surface area contributed by atoms with Crippen molar-refractivity contribution in [1.82, 2.24) is 0 Å². The number of esters is 1. The number of carbonyl (C=O) groups is 1. The number of methoxy groups -OCH3 is 1. The Balaban J connectivity index is 2.42. The van der Waals surface area contributed by atoms with Gasteiger partial charge in [0.25, 0.3) is 0 Å². The predicted molar refractivity (Wildman–Crippen MR) is 42.4 cm³/mol. The molecule has 3 heteroatoms. The largest absolute Gasteiger partial charge is 0.469 e. The maximum atomic E-state index is 10.7. The van der Waals surface area contributed by atoms with Gasteiger partial charge in [0.15, 0.2) is 0 Å². The molecule has 0 aromatic heterocycles. The minimum absolute atomic E-state index is 0.227. The lowest BCUT2D eigenvalue weighted by molar-refractivity contribution is -0.139. The lowest BCUT2D eigenvalue weighted by atomic mass is 10.2. The molecule has 1 aliphatic rings. The number of allylic oxidation sites excluding steroid dienone is 1. The average molecular weight is 153 g/mol. The van der Waals surface area contributed by atoms with Crippen molar-refractivity contribution in [3.05, 3.63) is 11.8 Å². The van der Waals surface area contributed by atoms with Crippen LogP contribution in [0.15, 0.2) is 16.8 Å². The van der Waals surface area contributed by atoms with Crippen molar-refractivity contribution in [2.75, 3.05) is 7.11 Å². The maximum absolute atomic E-state index is 10.7. The summed E-state index contributed by atoms with van der Waals surface area (Å²) >= 11 is 0. The van der Waals surface area contributed by atoms with Crippen molar-refractivity contribution >= 4 is 12.2 Å². The molecule has 1 rings (SSSR count). The van der Waals surface area contributed by atoms with Crippen LogP contribution in [0.3, 0.4) is 0 Å². The third-order valence-corrected chi connectivity index (χ3v) is 1.49. The number of aliphatic imine (C=N–C) groups is 1. The summed E-state index contributed by atoms with van der Waals surface area (Å²) in [7, 11) is 1.38. The zero-order valence-corrected chi connectivity index (χ0v) is 6.54. The third kappa shape index (κ3) is 2.53. The molecule has 3 nitrogen and oxygen atoms in total. The van der Waals surface area contributed by atoms with Crippen LogP contribution >= 0.6 is 0 Å². The molecule has 0 atom stereocenters. The molecule has 0 spiro atoms. The lowest BCUT2D eigenvalue weighted by Crippen LogP contribution is -2.02. The summed E-state index contributed by atoms with van der Waals surface area (Å²) in [5.41, 5.74) is 0.822. The quantitative estimate of drug-likeness (QED) is 0.561. The van der Waals surface area contributed by atoms with Crippen LogP contribution in [-0.4, -0.2) is 19.3 Å². The van der Waals surface area contributed by atoms with E-state index in [4.69, 9.17) is 0 Å². The smallest absolute Gasteiger partial charge is 0.311 e. The van der Waals surface area contributed by atoms with Crippen molar-refractivity contribution in [3.63, 3.8) is 0 Å². The molecule has 60 valence electrons. The molecule has 0 fully saturated rings. The monoisotopic (exact) mass is 153 g/mol. The molecular weight excluding hydrogens is 142 g/mol. The van der Waals surface area contributed by atoms with E-state index in [-0.39, 0.29) is 5.97 Å². The Labute approximate surface area is 65.8 Å². The first-order valence-corrected chi connectivity index (χ1v) is 3.61. The molecule has 0 radical (unpaired) electrons. The summed E-state index contributed by atoms with van der Waals surface area (Å²) in [5.74, 6) is -0.227. The highest BCUT2D eigenvalue weighted by Gasteiger charge is 2.05. The molecule has 0 aromatic rings. The lowest BCUT2D eigenvalue weighted by Gasteiger charge is -2.03. The molecule has 0 N–H and O–H groups in total. The van der Waals surface area contributed by atoms with Crippen LogP contribution in [0.5, 0.6) is 0 Å². The Morgan fingerprint density at radius 1 is 1.73 bits per heavy atom. The summed E-state index contributed by atoms with van der Waals surface area (Å²) in [4.78, 5) is 14.8. The molecule has 1 heterocycles. The van der Waals surface area contributed by atoms with Crippen LogP contribution < -0.4 is 0 Å². The first-order chi connectivity index (χ1) is 5.33. The molecule has 0 aliphatic carbocycles.